The summed E-state index contributed by atoms with van der Waals surface area (Å²) in [5.74, 6) is 0.570. The lowest BCUT2D eigenvalue weighted by molar-refractivity contribution is 0.173. The van der Waals surface area contributed by atoms with Crippen LogP contribution in [0.25, 0.3) is 0 Å². The maximum absolute atomic E-state index is 12.5. The highest BCUT2D eigenvalue weighted by molar-refractivity contribution is 5.40. The van der Waals surface area contributed by atoms with Crippen molar-refractivity contribution in [1.82, 2.24) is 4.98 Å². The molecule has 5 heteroatoms. The minimum Gasteiger partial charge on any atom is -0.488 e. The molecule has 0 aliphatic heterocycles. The summed E-state index contributed by atoms with van der Waals surface area (Å²) >= 11 is 0. The molecular weight excluding hydrogens is 414 g/mol. The molecule has 1 rings (SSSR count). The third-order valence-corrected chi connectivity index (χ3v) is 5.75. The van der Waals surface area contributed by atoms with E-state index in [2.05, 4.69) is 36.2 Å². The number of aromatic nitrogens is 1. The van der Waals surface area contributed by atoms with Crippen molar-refractivity contribution >= 4 is 0 Å². The number of allylic oxidation sites excluding steroid dienone is 8. The smallest absolute Gasteiger partial charge is 0.238 e. The number of aromatic amines is 1. The predicted octanol–water partition coefficient (Wildman–Crippen LogP) is 5.99. The summed E-state index contributed by atoms with van der Waals surface area (Å²) in [6.07, 6.45) is 13.4. The molecule has 182 valence electrons. The van der Waals surface area contributed by atoms with Gasteiger partial charge >= 0.3 is 0 Å². The lowest BCUT2D eigenvalue weighted by atomic mass is 9.95. The number of aliphatic hydroxyl groups excluding tert-OH is 1. The highest BCUT2D eigenvalue weighted by Crippen LogP contribution is 2.22. The Balaban J connectivity index is 2.81. The van der Waals surface area contributed by atoms with Gasteiger partial charge in [-0.25, -0.2) is 0 Å². The van der Waals surface area contributed by atoms with Gasteiger partial charge in [0.1, 0.15) is 0 Å². The van der Waals surface area contributed by atoms with Gasteiger partial charge < -0.3 is 19.6 Å². The minimum atomic E-state index is -0.503. The van der Waals surface area contributed by atoms with Gasteiger partial charge in [-0.3, -0.25) is 4.79 Å². The van der Waals surface area contributed by atoms with Crippen molar-refractivity contribution in [3.63, 3.8) is 0 Å². The van der Waals surface area contributed by atoms with Crippen molar-refractivity contribution in [2.24, 2.45) is 5.92 Å². The molecule has 2 atom stereocenters. The minimum absolute atomic E-state index is 0.0250. The van der Waals surface area contributed by atoms with Crippen molar-refractivity contribution in [3.8, 4) is 11.6 Å². The van der Waals surface area contributed by atoms with Crippen LogP contribution in [0.2, 0.25) is 0 Å². The number of ether oxygens (including phenoxy) is 2. The van der Waals surface area contributed by atoms with E-state index in [1.807, 2.05) is 46.8 Å². The Morgan fingerprint density at radius 3 is 2.36 bits per heavy atom. The van der Waals surface area contributed by atoms with Crippen LogP contribution in [0, 0.1) is 12.8 Å². The predicted molar refractivity (Wildman–Crippen MR) is 138 cm³/mol. The van der Waals surface area contributed by atoms with E-state index >= 15 is 0 Å². The molecule has 0 spiro atoms. The fourth-order valence-electron chi connectivity index (χ4n) is 3.53. The second-order valence-electron chi connectivity index (χ2n) is 8.62. The van der Waals surface area contributed by atoms with E-state index in [1.54, 1.807) is 6.92 Å². The zero-order chi connectivity index (χ0) is 25.1. The zero-order valence-electron chi connectivity index (χ0n) is 21.7. The molecule has 0 saturated carbocycles. The number of nitrogens with one attached hydrogen (secondary N) is 1. The molecule has 0 aliphatic carbocycles. The van der Waals surface area contributed by atoms with Gasteiger partial charge in [0.15, 0.2) is 0 Å². The first-order valence-electron chi connectivity index (χ1n) is 11.4. The van der Waals surface area contributed by atoms with Crippen molar-refractivity contribution in [3.05, 3.63) is 80.2 Å². The SMILES string of the molecule is CC=C(C)C=C(C)C(O)C(C)C=C(C)C=CCC(C)=CCc1[nH]c(OC)c(OC)c(=O)c1C. The summed E-state index contributed by atoms with van der Waals surface area (Å²) in [6.45, 7) is 13.9. The molecule has 2 unspecified atom stereocenters. The van der Waals surface area contributed by atoms with Crippen LogP contribution >= 0.6 is 0 Å². The first kappa shape index (κ1) is 28.2. The molecule has 5 nitrogen and oxygen atoms in total. The quantitative estimate of drug-likeness (QED) is 0.317. The van der Waals surface area contributed by atoms with Crippen LogP contribution < -0.4 is 14.9 Å². The van der Waals surface area contributed by atoms with Gasteiger partial charge in [-0.1, -0.05) is 60.1 Å². The fourth-order valence-corrected chi connectivity index (χ4v) is 3.53. The van der Waals surface area contributed by atoms with Crippen LogP contribution in [-0.4, -0.2) is 30.4 Å². The molecule has 1 aromatic heterocycles. The molecule has 33 heavy (non-hydrogen) atoms. The third kappa shape index (κ3) is 8.58. The van der Waals surface area contributed by atoms with E-state index in [9.17, 15) is 9.90 Å². The Morgan fingerprint density at radius 1 is 1.12 bits per heavy atom. The highest BCUT2D eigenvalue weighted by atomic mass is 16.5. The van der Waals surface area contributed by atoms with Crippen LogP contribution in [0.15, 0.2) is 63.5 Å². The van der Waals surface area contributed by atoms with Crippen molar-refractivity contribution in [2.45, 2.75) is 67.4 Å². The molecule has 0 aromatic carbocycles. The number of hydrogen-bond donors (Lipinski definition) is 2. The molecule has 0 bridgehead atoms. The second-order valence-corrected chi connectivity index (χ2v) is 8.62. The Labute approximate surface area is 199 Å². The van der Waals surface area contributed by atoms with Crippen LogP contribution in [-0.2, 0) is 6.42 Å². The number of H-pyrrole nitrogens is 1. The van der Waals surface area contributed by atoms with E-state index in [4.69, 9.17) is 9.47 Å². The lowest BCUT2D eigenvalue weighted by Gasteiger charge is -2.17. The highest BCUT2D eigenvalue weighted by Gasteiger charge is 2.15. The lowest BCUT2D eigenvalue weighted by Crippen LogP contribution is -2.17. The number of aliphatic hydroxyl groups is 1. The van der Waals surface area contributed by atoms with Gasteiger partial charge in [-0.05, 0) is 53.5 Å². The Morgan fingerprint density at radius 2 is 1.79 bits per heavy atom. The first-order chi connectivity index (χ1) is 15.5. The molecular formula is C28H41NO4. The molecule has 0 aliphatic rings. The van der Waals surface area contributed by atoms with Gasteiger partial charge in [-0.2, -0.15) is 0 Å². The van der Waals surface area contributed by atoms with Crippen LogP contribution in [0.1, 0.15) is 59.2 Å². The van der Waals surface area contributed by atoms with Crippen LogP contribution in [0.3, 0.4) is 0 Å². The van der Waals surface area contributed by atoms with E-state index in [1.165, 1.54) is 19.8 Å². The summed E-state index contributed by atoms with van der Waals surface area (Å²) < 4.78 is 10.4. The molecule has 0 amide bonds. The second kappa shape index (κ2) is 13.7. The van der Waals surface area contributed by atoms with E-state index in [0.717, 1.165) is 28.8 Å². The van der Waals surface area contributed by atoms with E-state index < -0.39 is 6.10 Å². The average molecular weight is 456 g/mol. The molecule has 0 fully saturated rings. The number of hydrogen-bond acceptors (Lipinski definition) is 4. The van der Waals surface area contributed by atoms with Crippen molar-refractivity contribution < 1.29 is 14.6 Å². The van der Waals surface area contributed by atoms with Gasteiger partial charge in [0, 0.05) is 23.6 Å². The maximum Gasteiger partial charge on any atom is 0.238 e. The van der Waals surface area contributed by atoms with Gasteiger partial charge in [-0.15, -0.1) is 0 Å². The van der Waals surface area contributed by atoms with Crippen LogP contribution in [0.5, 0.6) is 11.6 Å². The molecule has 1 heterocycles. The molecule has 1 aromatic rings. The van der Waals surface area contributed by atoms with Gasteiger partial charge in [0.2, 0.25) is 17.1 Å². The summed E-state index contributed by atoms with van der Waals surface area (Å²) in [5.41, 5.74) is 5.72. The standard InChI is InChI=1S/C28H41NO4/c1-10-18(2)16-21(5)25(30)22(6)17-20(4)13-11-12-19(3)14-15-24-23(7)26(31)27(32-8)28(29-24)33-9/h10-11,13-14,16-17,22,25,30H,12,15H2,1-9H3,(H,29,31). The van der Waals surface area contributed by atoms with Crippen molar-refractivity contribution in [1.29, 1.82) is 0 Å². The number of pyridine rings is 1. The van der Waals surface area contributed by atoms with Gasteiger partial charge in [0.25, 0.3) is 0 Å². The summed E-state index contributed by atoms with van der Waals surface area (Å²) in [5, 5.41) is 10.6. The molecule has 0 radical (unpaired) electrons. The summed E-state index contributed by atoms with van der Waals surface area (Å²) in [6, 6.07) is 0. The topological polar surface area (TPSA) is 71.6 Å². The maximum atomic E-state index is 12.5. The summed E-state index contributed by atoms with van der Waals surface area (Å²) in [7, 11) is 2.97. The Hall–Kier alpha value is -2.79. The average Bonchev–Trinajstić information content (AvgIpc) is 2.78. The summed E-state index contributed by atoms with van der Waals surface area (Å²) in [4.78, 5) is 15.6. The zero-order valence-corrected chi connectivity index (χ0v) is 21.7. The van der Waals surface area contributed by atoms with E-state index in [-0.39, 0.29) is 17.1 Å². The Bertz CT molecular complexity index is 1010. The monoisotopic (exact) mass is 455 g/mol. The normalized spacial score (nSPS) is 15.7. The van der Waals surface area contributed by atoms with Gasteiger partial charge in [0.05, 0.1) is 20.3 Å². The molecule has 0 saturated heterocycles. The number of rotatable bonds is 11. The van der Waals surface area contributed by atoms with E-state index in [0.29, 0.717) is 17.9 Å². The van der Waals surface area contributed by atoms with Crippen LogP contribution in [0.4, 0.5) is 0 Å². The molecule has 2 N–H and O–H groups in total. The number of methoxy groups -OCH3 is 2. The fraction of sp³-hybridized carbons (Fsp3) is 0.464. The third-order valence-electron chi connectivity index (χ3n) is 5.75. The largest absolute Gasteiger partial charge is 0.488 e. The first-order valence-corrected chi connectivity index (χ1v) is 11.4. The Kier molecular flexibility index (Phi) is 11.7. The van der Waals surface area contributed by atoms with Crippen molar-refractivity contribution in [2.75, 3.05) is 14.2 Å².